The number of hydrogen-bond acceptors (Lipinski definition) is 3. The molecule has 2 N–H and O–H groups in total. The summed E-state index contributed by atoms with van der Waals surface area (Å²) in [4.78, 5) is 39.1. The SMILES string of the molecule is CCNC(=O)c1ccccc1NC(=O)[C@H]1CC(=O)N(c2ccc(C)c(C)c2)C1. The van der Waals surface area contributed by atoms with E-state index in [1.165, 1.54) is 0 Å². The van der Waals surface area contributed by atoms with Crippen molar-refractivity contribution in [1.82, 2.24) is 5.32 Å². The predicted molar refractivity (Wildman–Crippen MR) is 109 cm³/mol. The van der Waals surface area contributed by atoms with Gasteiger partial charge < -0.3 is 15.5 Å². The van der Waals surface area contributed by atoms with Gasteiger partial charge in [-0.05, 0) is 56.2 Å². The van der Waals surface area contributed by atoms with E-state index in [0.29, 0.717) is 24.3 Å². The summed E-state index contributed by atoms with van der Waals surface area (Å²) >= 11 is 0. The molecule has 1 aliphatic rings. The molecule has 0 radical (unpaired) electrons. The van der Waals surface area contributed by atoms with E-state index in [-0.39, 0.29) is 24.1 Å². The van der Waals surface area contributed by atoms with Gasteiger partial charge in [-0.1, -0.05) is 18.2 Å². The van der Waals surface area contributed by atoms with Gasteiger partial charge in [0.05, 0.1) is 17.2 Å². The maximum Gasteiger partial charge on any atom is 0.253 e. The first-order valence-corrected chi connectivity index (χ1v) is 9.46. The van der Waals surface area contributed by atoms with Crippen molar-refractivity contribution in [3.8, 4) is 0 Å². The fourth-order valence-electron chi connectivity index (χ4n) is 3.31. The van der Waals surface area contributed by atoms with Crippen LogP contribution in [0.1, 0.15) is 34.8 Å². The van der Waals surface area contributed by atoms with Gasteiger partial charge in [0.15, 0.2) is 0 Å². The highest BCUT2D eigenvalue weighted by Gasteiger charge is 2.35. The maximum atomic E-state index is 12.8. The smallest absolute Gasteiger partial charge is 0.253 e. The van der Waals surface area contributed by atoms with Crippen molar-refractivity contribution in [2.45, 2.75) is 27.2 Å². The van der Waals surface area contributed by atoms with Crippen molar-refractivity contribution in [1.29, 1.82) is 0 Å². The lowest BCUT2D eigenvalue weighted by atomic mass is 10.1. The van der Waals surface area contributed by atoms with E-state index in [2.05, 4.69) is 10.6 Å². The van der Waals surface area contributed by atoms with Crippen LogP contribution < -0.4 is 15.5 Å². The Bertz CT molecular complexity index is 923. The van der Waals surface area contributed by atoms with E-state index in [0.717, 1.165) is 16.8 Å². The fourth-order valence-corrected chi connectivity index (χ4v) is 3.31. The van der Waals surface area contributed by atoms with Crippen LogP contribution in [0.25, 0.3) is 0 Å². The minimum absolute atomic E-state index is 0.0691. The molecular weight excluding hydrogens is 354 g/mol. The largest absolute Gasteiger partial charge is 0.352 e. The minimum atomic E-state index is -0.462. The Morgan fingerprint density at radius 1 is 1.11 bits per heavy atom. The fraction of sp³-hybridized carbons (Fsp3) is 0.318. The van der Waals surface area contributed by atoms with Crippen LogP contribution in [-0.2, 0) is 9.59 Å². The average Bonchev–Trinajstić information content (AvgIpc) is 3.06. The molecule has 0 saturated carbocycles. The van der Waals surface area contributed by atoms with Gasteiger partial charge in [0.25, 0.3) is 5.91 Å². The Morgan fingerprint density at radius 2 is 1.86 bits per heavy atom. The molecule has 1 atom stereocenters. The van der Waals surface area contributed by atoms with Gasteiger partial charge in [-0.25, -0.2) is 0 Å². The van der Waals surface area contributed by atoms with Crippen LogP contribution >= 0.6 is 0 Å². The third-order valence-corrected chi connectivity index (χ3v) is 5.06. The molecule has 3 amide bonds. The van der Waals surface area contributed by atoms with E-state index in [1.807, 2.05) is 39.0 Å². The third-order valence-electron chi connectivity index (χ3n) is 5.06. The van der Waals surface area contributed by atoms with Crippen molar-refractivity contribution in [2.24, 2.45) is 5.92 Å². The molecule has 1 fully saturated rings. The number of para-hydroxylation sites is 1. The second kappa shape index (κ2) is 8.25. The van der Waals surface area contributed by atoms with Gasteiger partial charge in [0.1, 0.15) is 0 Å². The molecule has 2 aromatic rings. The van der Waals surface area contributed by atoms with E-state index in [4.69, 9.17) is 0 Å². The number of amides is 3. The Balaban J connectivity index is 1.73. The molecule has 0 bridgehead atoms. The van der Waals surface area contributed by atoms with Crippen LogP contribution in [0, 0.1) is 19.8 Å². The Kier molecular flexibility index (Phi) is 5.78. The zero-order valence-electron chi connectivity index (χ0n) is 16.4. The summed E-state index contributed by atoms with van der Waals surface area (Å²) in [6, 6.07) is 12.7. The Hall–Kier alpha value is -3.15. The van der Waals surface area contributed by atoms with Crippen LogP contribution in [0.2, 0.25) is 0 Å². The summed E-state index contributed by atoms with van der Waals surface area (Å²) in [6.45, 7) is 6.69. The summed E-state index contributed by atoms with van der Waals surface area (Å²) < 4.78 is 0. The summed E-state index contributed by atoms with van der Waals surface area (Å²) in [5.41, 5.74) is 3.94. The van der Waals surface area contributed by atoms with Gasteiger partial charge in [-0.3, -0.25) is 14.4 Å². The minimum Gasteiger partial charge on any atom is -0.352 e. The molecular formula is C22H25N3O3. The number of nitrogens with one attached hydrogen (secondary N) is 2. The summed E-state index contributed by atoms with van der Waals surface area (Å²) in [7, 11) is 0. The van der Waals surface area contributed by atoms with Crippen LogP contribution in [-0.4, -0.2) is 30.8 Å². The third kappa shape index (κ3) is 4.06. The monoisotopic (exact) mass is 379 g/mol. The van der Waals surface area contributed by atoms with Crippen LogP contribution in [0.5, 0.6) is 0 Å². The van der Waals surface area contributed by atoms with E-state index in [9.17, 15) is 14.4 Å². The zero-order valence-corrected chi connectivity index (χ0v) is 16.4. The first-order valence-electron chi connectivity index (χ1n) is 9.46. The molecule has 28 heavy (non-hydrogen) atoms. The standard InChI is InChI=1S/C22H25N3O3/c1-4-23-22(28)18-7-5-6-8-19(18)24-21(27)16-12-20(26)25(13-16)17-10-9-14(2)15(3)11-17/h5-11,16H,4,12-13H2,1-3H3,(H,23,28)(H,24,27)/t16-/m0/s1. The Morgan fingerprint density at radius 3 is 2.57 bits per heavy atom. The second-order valence-corrected chi connectivity index (χ2v) is 7.07. The molecule has 2 aromatic carbocycles. The van der Waals surface area contributed by atoms with Crippen LogP contribution in [0.15, 0.2) is 42.5 Å². The van der Waals surface area contributed by atoms with Crippen molar-refractivity contribution in [3.63, 3.8) is 0 Å². The number of anilines is 2. The quantitative estimate of drug-likeness (QED) is 0.838. The molecule has 0 aromatic heterocycles. The van der Waals surface area contributed by atoms with Gasteiger partial charge in [-0.2, -0.15) is 0 Å². The van der Waals surface area contributed by atoms with Gasteiger partial charge in [0.2, 0.25) is 11.8 Å². The summed E-state index contributed by atoms with van der Waals surface area (Å²) in [5, 5.41) is 5.56. The van der Waals surface area contributed by atoms with Gasteiger partial charge >= 0.3 is 0 Å². The van der Waals surface area contributed by atoms with Crippen molar-refractivity contribution >= 4 is 29.1 Å². The molecule has 0 unspecified atom stereocenters. The van der Waals surface area contributed by atoms with Crippen LogP contribution in [0.3, 0.4) is 0 Å². The second-order valence-electron chi connectivity index (χ2n) is 7.07. The molecule has 6 heteroatoms. The number of carbonyl (C=O) groups excluding carboxylic acids is 3. The lowest BCUT2D eigenvalue weighted by Gasteiger charge is -2.18. The highest BCUT2D eigenvalue weighted by atomic mass is 16.2. The zero-order chi connectivity index (χ0) is 20.3. The number of benzene rings is 2. The molecule has 1 saturated heterocycles. The number of hydrogen-bond donors (Lipinski definition) is 2. The van der Waals surface area contributed by atoms with Crippen molar-refractivity contribution in [3.05, 3.63) is 59.2 Å². The predicted octanol–water partition coefficient (Wildman–Crippen LogP) is 3.04. The van der Waals surface area contributed by atoms with E-state index in [1.54, 1.807) is 29.2 Å². The van der Waals surface area contributed by atoms with Gasteiger partial charge in [0, 0.05) is 25.2 Å². The topological polar surface area (TPSA) is 78.5 Å². The number of carbonyl (C=O) groups is 3. The number of nitrogens with zero attached hydrogens (tertiary/aromatic N) is 1. The van der Waals surface area contributed by atoms with E-state index < -0.39 is 5.92 Å². The summed E-state index contributed by atoms with van der Waals surface area (Å²) in [5.74, 6) is -1.02. The molecule has 1 aliphatic heterocycles. The van der Waals surface area contributed by atoms with Crippen molar-refractivity contribution < 1.29 is 14.4 Å². The molecule has 146 valence electrons. The first kappa shape index (κ1) is 19.6. The molecule has 0 spiro atoms. The normalized spacial score (nSPS) is 16.2. The Labute approximate surface area is 164 Å². The highest BCUT2D eigenvalue weighted by molar-refractivity contribution is 6.07. The number of aryl methyl sites for hydroxylation is 2. The lowest BCUT2D eigenvalue weighted by Crippen LogP contribution is -2.29. The van der Waals surface area contributed by atoms with Crippen LogP contribution in [0.4, 0.5) is 11.4 Å². The summed E-state index contributed by atoms with van der Waals surface area (Å²) in [6.07, 6.45) is 0.155. The maximum absolute atomic E-state index is 12.8. The molecule has 1 heterocycles. The lowest BCUT2D eigenvalue weighted by molar-refractivity contribution is -0.122. The first-order chi connectivity index (χ1) is 13.4. The van der Waals surface area contributed by atoms with Crippen molar-refractivity contribution in [2.75, 3.05) is 23.3 Å². The molecule has 3 rings (SSSR count). The number of rotatable bonds is 5. The molecule has 6 nitrogen and oxygen atoms in total. The highest BCUT2D eigenvalue weighted by Crippen LogP contribution is 2.28. The molecule has 0 aliphatic carbocycles. The van der Waals surface area contributed by atoms with E-state index >= 15 is 0 Å². The average molecular weight is 379 g/mol. The van der Waals surface area contributed by atoms with Gasteiger partial charge in [-0.15, -0.1) is 0 Å².